The van der Waals surface area contributed by atoms with Crippen molar-refractivity contribution in [2.45, 2.75) is 25.6 Å². The number of hydrogen-bond donors (Lipinski definition) is 3. The molecule has 0 saturated heterocycles. The van der Waals surface area contributed by atoms with E-state index in [0.717, 1.165) is 25.1 Å². The molecule has 0 bridgehead atoms. The molecule has 3 heterocycles. The topological polar surface area (TPSA) is 75.5 Å². The normalized spacial score (nSPS) is 16.3. The quantitative estimate of drug-likeness (QED) is 0.525. The molecule has 0 aliphatic carbocycles. The molecule has 3 aromatic rings. The Balaban J connectivity index is 1.37. The Morgan fingerprint density at radius 2 is 1.77 bits per heavy atom. The Kier molecular flexibility index (Phi) is 6.51. The standard InChI is InChI=1S/C23H24N4O2S/c28-22(25-14-17-7-10-24-11-8-17)23(29)26-15-20(21-6-3-13-30-21)27-12-9-18-4-1-2-5-19(18)16-27/h1-8,10-11,13,20H,9,12,14-16H2,(H,25,28)(H,26,29)/p+1/t20-/m0/s1. The average Bonchev–Trinajstić information content (AvgIpc) is 3.32. The van der Waals surface area contributed by atoms with E-state index in [2.05, 4.69) is 51.3 Å². The number of quaternary nitrogens is 1. The first-order valence-corrected chi connectivity index (χ1v) is 11.0. The summed E-state index contributed by atoms with van der Waals surface area (Å²) in [6.07, 6.45) is 4.34. The molecular weight excluding hydrogens is 396 g/mol. The van der Waals surface area contributed by atoms with Crippen LogP contribution >= 0.6 is 11.3 Å². The molecule has 0 fully saturated rings. The van der Waals surface area contributed by atoms with Gasteiger partial charge < -0.3 is 15.5 Å². The predicted molar refractivity (Wildman–Crippen MR) is 116 cm³/mol. The van der Waals surface area contributed by atoms with E-state index in [1.54, 1.807) is 23.7 Å². The van der Waals surface area contributed by atoms with Crippen LogP contribution in [0.3, 0.4) is 0 Å². The molecule has 0 saturated carbocycles. The van der Waals surface area contributed by atoms with Gasteiger partial charge in [0.05, 0.1) is 18.0 Å². The highest BCUT2D eigenvalue weighted by Gasteiger charge is 2.30. The van der Waals surface area contributed by atoms with Gasteiger partial charge in [0.15, 0.2) is 0 Å². The minimum atomic E-state index is -0.615. The molecule has 2 amide bonds. The van der Waals surface area contributed by atoms with Gasteiger partial charge in [-0.15, -0.1) is 11.3 Å². The molecular formula is C23H25N4O2S+. The molecule has 2 atom stereocenters. The molecule has 7 heteroatoms. The van der Waals surface area contributed by atoms with Gasteiger partial charge in [-0.2, -0.15) is 0 Å². The molecule has 2 aromatic heterocycles. The van der Waals surface area contributed by atoms with E-state index in [1.165, 1.54) is 20.9 Å². The van der Waals surface area contributed by atoms with Crippen molar-refractivity contribution in [1.82, 2.24) is 15.6 Å². The van der Waals surface area contributed by atoms with Crippen LogP contribution in [0.15, 0.2) is 66.3 Å². The Morgan fingerprint density at radius 3 is 2.53 bits per heavy atom. The Labute approximate surface area is 180 Å². The minimum Gasteiger partial charge on any atom is -0.344 e. The van der Waals surface area contributed by atoms with Crippen LogP contribution in [-0.4, -0.2) is 29.9 Å². The second-order valence-corrected chi connectivity index (χ2v) is 8.40. The lowest BCUT2D eigenvalue weighted by atomic mass is 9.98. The van der Waals surface area contributed by atoms with Crippen molar-refractivity contribution in [3.8, 4) is 0 Å². The fourth-order valence-corrected chi connectivity index (χ4v) is 4.76. The van der Waals surface area contributed by atoms with Gasteiger partial charge in [0.2, 0.25) is 0 Å². The lowest BCUT2D eigenvalue weighted by Gasteiger charge is -2.32. The van der Waals surface area contributed by atoms with Crippen LogP contribution < -0.4 is 15.5 Å². The summed E-state index contributed by atoms with van der Waals surface area (Å²) in [6, 6.07) is 16.4. The first kappa shape index (κ1) is 20.3. The zero-order valence-corrected chi connectivity index (χ0v) is 17.5. The molecule has 0 radical (unpaired) electrons. The maximum absolute atomic E-state index is 12.4. The molecule has 1 aliphatic rings. The highest BCUT2D eigenvalue weighted by Crippen LogP contribution is 2.19. The maximum Gasteiger partial charge on any atom is 0.309 e. The maximum atomic E-state index is 12.4. The van der Waals surface area contributed by atoms with E-state index in [9.17, 15) is 9.59 Å². The molecule has 0 spiro atoms. The average molecular weight is 422 g/mol. The summed E-state index contributed by atoms with van der Waals surface area (Å²) in [4.78, 5) is 31.2. The number of nitrogens with zero attached hydrogens (tertiary/aromatic N) is 1. The van der Waals surface area contributed by atoms with E-state index in [0.29, 0.717) is 13.1 Å². The van der Waals surface area contributed by atoms with E-state index in [-0.39, 0.29) is 6.04 Å². The number of carbonyl (C=O) groups is 2. The van der Waals surface area contributed by atoms with Gasteiger partial charge in [-0.1, -0.05) is 30.3 Å². The number of carbonyl (C=O) groups excluding carboxylic acids is 2. The Morgan fingerprint density at radius 1 is 1.00 bits per heavy atom. The molecule has 1 unspecified atom stereocenters. The van der Waals surface area contributed by atoms with Gasteiger partial charge in [-0.3, -0.25) is 14.6 Å². The van der Waals surface area contributed by atoms with Crippen LogP contribution in [-0.2, 0) is 29.1 Å². The fourth-order valence-electron chi connectivity index (χ4n) is 3.87. The molecule has 1 aromatic carbocycles. The van der Waals surface area contributed by atoms with E-state index >= 15 is 0 Å². The van der Waals surface area contributed by atoms with Crippen molar-refractivity contribution in [3.05, 3.63) is 87.9 Å². The Hall–Kier alpha value is -3.03. The second kappa shape index (κ2) is 9.65. The van der Waals surface area contributed by atoms with Crippen LogP contribution in [0.1, 0.15) is 27.6 Å². The lowest BCUT2D eigenvalue weighted by molar-refractivity contribution is -0.945. The van der Waals surface area contributed by atoms with Crippen molar-refractivity contribution >= 4 is 23.2 Å². The zero-order chi connectivity index (χ0) is 20.8. The van der Waals surface area contributed by atoms with E-state index in [4.69, 9.17) is 0 Å². The number of fused-ring (bicyclic) bond motifs is 1. The molecule has 154 valence electrons. The number of hydrogen-bond acceptors (Lipinski definition) is 4. The van der Waals surface area contributed by atoms with Crippen LogP contribution in [0, 0.1) is 0 Å². The monoisotopic (exact) mass is 421 g/mol. The van der Waals surface area contributed by atoms with Gasteiger partial charge in [0, 0.05) is 30.9 Å². The predicted octanol–water partition coefficient (Wildman–Crippen LogP) is 1.26. The number of benzene rings is 1. The third kappa shape index (κ3) is 4.93. The third-order valence-electron chi connectivity index (χ3n) is 5.51. The third-order valence-corrected chi connectivity index (χ3v) is 6.49. The summed E-state index contributed by atoms with van der Waals surface area (Å²) in [5.41, 5.74) is 3.67. The number of thiophene rings is 1. The zero-order valence-electron chi connectivity index (χ0n) is 16.6. The van der Waals surface area contributed by atoms with E-state index in [1.807, 2.05) is 18.2 Å². The summed E-state index contributed by atoms with van der Waals surface area (Å²) < 4.78 is 0. The van der Waals surface area contributed by atoms with Crippen molar-refractivity contribution < 1.29 is 14.5 Å². The Bertz CT molecular complexity index is 991. The summed E-state index contributed by atoms with van der Waals surface area (Å²) in [7, 11) is 0. The summed E-state index contributed by atoms with van der Waals surface area (Å²) in [5, 5.41) is 7.58. The number of aromatic nitrogens is 1. The number of nitrogens with one attached hydrogen (secondary N) is 3. The van der Waals surface area contributed by atoms with Crippen molar-refractivity contribution in [1.29, 1.82) is 0 Å². The smallest absolute Gasteiger partial charge is 0.309 e. The van der Waals surface area contributed by atoms with Crippen molar-refractivity contribution in [2.75, 3.05) is 13.1 Å². The van der Waals surface area contributed by atoms with Gasteiger partial charge in [0.25, 0.3) is 0 Å². The van der Waals surface area contributed by atoms with Gasteiger partial charge in [0.1, 0.15) is 12.6 Å². The molecule has 30 heavy (non-hydrogen) atoms. The fraction of sp³-hybridized carbons (Fsp3) is 0.261. The minimum absolute atomic E-state index is 0.121. The molecule has 3 N–H and O–H groups in total. The van der Waals surface area contributed by atoms with E-state index < -0.39 is 11.8 Å². The SMILES string of the molecule is O=C(NCc1ccncc1)C(=O)NC[C@@H](c1cccs1)[NH+]1CCc2ccccc2C1. The largest absolute Gasteiger partial charge is 0.344 e. The lowest BCUT2D eigenvalue weighted by Crippen LogP contribution is -3.12. The van der Waals surface area contributed by atoms with Crippen LogP contribution in [0.2, 0.25) is 0 Å². The molecule has 6 nitrogen and oxygen atoms in total. The molecule has 1 aliphatic heterocycles. The first-order valence-electron chi connectivity index (χ1n) is 10.1. The highest BCUT2D eigenvalue weighted by atomic mass is 32.1. The van der Waals surface area contributed by atoms with Crippen LogP contribution in [0.25, 0.3) is 0 Å². The van der Waals surface area contributed by atoms with Gasteiger partial charge >= 0.3 is 11.8 Å². The molecule has 4 rings (SSSR count). The van der Waals surface area contributed by atoms with Gasteiger partial charge in [-0.25, -0.2) is 0 Å². The second-order valence-electron chi connectivity index (χ2n) is 7.42. The summed E-state index contributed by atoms with van der Waals surface area (Å²) >= 11 is 1.69. The highest BCUT2D eigenvalue weighted by molar-refractivity contribution is 7.10. The van der Waals surface area contributed by atoms with Crippen LogP contribution in [0.5, 0.6) is 0 Å². The number of amides is 2. The summed E-state index contributed by atoms with van der Waals surface area (Å²) in [6.45, 7) is 2.66. The number of rotatable bonds is 6. The van der Waals surface area contributed by atoms with Crippen molar-refractivity contribution in [3.63, 3.8) is 0 Å². The summed E-state index contributed by atoms with van der Waals surface area (Å²) in [5.74, 6) is -1.21. The van der Waals surface area contributed by atoms with Gasteiger partial charge in [-0.05, 0) is 34.7 Å². The first-order chi connectivity index (χ1) is 14.7. The van der Waals surface area contributed by atoms with Crippen molar-refractivity contribution in [2.24, 2.45) is 0 Å². The van der Waals surface area contributed by atoms with Crippen LogP contribution in [0.4, 0.5) is 0 Å². The number of pyridine rings is 1.